The van der Waals surface area contributed by atoms with Gasteiger partial charge in [0.05, 0.1) is 17.7 Å². The van der Waals surface area contributed by atoms with Crippen LogP contribution in [0.2, 0.25) is 0 Å². The maximum Gasteiger partial charge on any atom is 0.108 e. The molecule has 0 aromatic carbocycles. The number of hydrogen-bond acceptors (Lipinski definition) is 4. The van der Waals surface area contributed by atoms with Gasteiger partial charge in [0, 0.05) is 18.0 Å². The van der Waals surface area contributed by atoms with Gasteiger partial charge in [-0.05, 0) is 6.07 Å². The van der Waals surface area contributed by atoms with Gasteiger partial charge in [0.2, 0.25) is 0 Å². The van der Waals surface area contributed by atoms with Crippen molar-refractivity contribution in [2.24, 2.45) is 0 Å². The van der Waals surface area contributed by atoms with Crippen molar-refractivity contribution >= 4 is 17.3 Å². The Labute approximate surface area is 81.0 Å². The van der Waals surface area contributed by atoms with Gasteiger partial charge < -0.3 is 15.9 Å². The fourth-order valence-electron chi connectivity index (χ4n) is 0.945. The Kier molecular flexibility index (Phi) is 3.48. The number of hydrogen-bond donors (Lipinski definition) is 3. The second-order valence-corrected chi connectivity index (χ2v) is 3.03. The third-order valence-corrected chi connectivity index (χ3v) is 1.96. The van der Waals surface area contributed by atoms with Crippen LogP contribution in [0.15, 0.2) is 18.5 Å². The predicted molar refractivity (Wildman–Crippen MR) is 50.3 cm³/mol. The third kappa shape index (κ3) is 2.55. The Morgan fingerprint density at radius 1 is 1.46 bits per heavy atom. The first kappa shape index (κ1) is 10.2. The molecule has 1 rings (SSSR count). The van der Waals surface area contributed by atoms with Gasteiger partial charge in [-0.25, -0.2) is 0 Å². The lowest BCUT2D eigenvalue weighted by molar-refractivity contribution is 0.0325. The van der Waals surface area contributed by atoms with Gasteiger partial charge in [0.1, 0.15) is 6.10 Å². The van der Waals surface area contributed by atoms with Crippen LogP contribution < -0.4 is 5.73 Å². The first-order valence-corrected chi connectivity index (χ1v) is 4.31. The number of alkyl halides is 1. The molecule has 0 saturated carbocycles. The van der Waals surface area contributed by atoms with Crippen LogP contribution in [0.25, 0.3) is 0 Å². The molecule has 4 nitrogen and oxygen atoms in total. The highest BCUT2D eigenvalue weighted by atomic mass is 35.5. The lowest BCUT2D eigenvalue weighted by atomic mass is 10.1. The molecule has 0 aliphatic heterocycles. The zero-order valence-corrected chi connectivity index (χ0v) is 7.65. The van der Waals surface area contributed by atoms with Gasteiger partial charge in [-0.1, -0.05) is 0 Å². The van der Waals surface area contributed by atoms with E-state index in [1.54, 1.807) is 6.07 Å². The number of rotatable bonds is 3. The fraction of sp³-hybridized carbons (Fsp3) is 0.375. The normalized spacial score (nSPS) is 15.3. The predicted octanol–water partition coefficient (Wildman–Crippen LogP) is 0.297. The summed E-state index contributed by atoms with van der Waals surface area (Å²) in [6, 6.07) is 1.55. The van der Waals surface area contributed by atoms with Crippen LogP contribution in [0.5, 0.6) is 0 Å². The van der Waals surface area contributed by atoms with Crippen LogP contribution in [0.3, 0.4) is 0 Å². The van der Waals surface area contributed by atoms with Crippen molar-refractivity contribution in [3.05, 3.63) is 24.0 Å². The van der Waals surface area contributed by atoms with Gasteiger partial charge in [-0.15, -0.1) is 11.6 Å². The third-order valence-electron chi connectivity index (χ3n) is 1.64. The second kappa shape index (κ2) is 4.41. The highest BCUT2D eigenvalue weighted by Gasteiger charge is 2.17. The molecule has 0 saturated heterocycles. The first-order valence-electron chi connectivity index (χ1n) is 3.77. The summed E-state index contributed by atoms with van der Waals surface area (Å²) >= 11 is 5.37. The molecule has 1 aromatic heterocycles. The van der Waals surface area contributed by atoms with Crippen LogP contribution in [0.4, 0.5) is 5.69 Å². The number of nitrogen functional groups attached to an aromatic ring is 1. The topological polar surface area (TPSA) is 79.4 Å². The van der Waals surface area contributed by atoms with Crippen LogP contribution in [0, 0.1) is 0 Å². The van der Waals surface area contributed by atoms with E-state index in [0.717, 1.165) is 0 Å². The van der Waals surface area contributed by atoms with E-state index in [-0.39, 0.29) is 5.88 Å². The molecule has 0 radical (unpaired) electrons. The summed E-state index contributed by atoms with van der Waals surface area (Å²) < 4.78 is 0. The quantitative estimate of drug-likeness (QED) is 0.616. The van der Waals surface area contributed by atoms with E-state index >= 15 is 0 Å². The average molecular weight is 203 g/mol. The molecule has 1 heterocycles. The van der Waals surface area contributed by atoms with Crippen molar-refractivity contribution in [3.63, 3.8) is 0 Å². The molecule has 0 amide bonds. The monoisotopic (exact) mass is 202 g/mol. The van der Waals surface area contributed by atoms with E-state index in [4.69, 9.17) is 17.3 Å². The summed E-state index contributed by atoms with van der Waals surface area (Å²) in [5.41, 5.74) is 6.36. The Morgan fingerprint density at radius 2 is 2.15 bits per heavy atom. The zero-order valence-electron chi connectivity index (χ0n) is 6.89. The van der Waals surface area contributed by atoms with Gasteiger partial charge in [-0.2, -0.15) is 0 Å². The molecule has 72 valence electrons. The molecular formula is C8H11ClN2O2. The van der Waals surface area contributed by atoms with Crippen LogP contribution in [0.1, 0.15) is 11.7 Å². The summed E-state index contributed by atoms with van der Waals surface area (Å²) in [7, 11) is 0. The van der Waals surface area contributed by atoms with Gasteiger partial charge >= 0.3 is 0 Å². The van der Waals surface area contributed by atoms with Crippen molar-refractivity contribution in [2.45, 2.75) is 12.2 Å². The van der Waals surface area contributed by atoms with E-state index in [1.165, 1.54) is 12.4 Å². The van der Waals surface area contributed by atoms with Crippen molar-refractivity contribution in [1.82, 2.24) is 4.98 Å². The molecule has 0 bridgehead atoms. The van der Waals surface area contributed by atoms with Crippen molar-refractivity contribution < 1.29 is 10.2 Å². The second-order valence-electron chi connectivity index (χ2n) is 2.72. The average Bonchev–Trinajstić information content (AvgIpc) is 2.15. The zero-order chi connectivity index (χ0) is 9.84. The summed E-state index contributed by atoms with van der Waals surface area (Å²) in [5.74, 6) is -0.0318. The Morgan fingerprint density at radius 3 is 2.69 bits per heavy atom. The molecule has 5 heteroatoms. The van der Waals surface area contributed by atoms with Gasteiger partial charge in [0.25, 0.3) is 0 Å². The number of aromatic nitrogens is 1. The molecule has 13 heavy (non-hydrogen) atoms. The summed E-state index contributed by atoms with van der Waals surface area (Å²) in [6.07, 6.45) is 0.874. The summed E-state index contributed by atoms with van der Waals surface area (Å²) in [4.78, 5) is 3.78. The molecule has 1 aromatic rings. The lowest BCUT2D eigenvalue weighted by Crippen LogP contribution is -2.19. The van der Waals surface area contributed by atoms with Gasteiger partial charge in [0.15, 0.2) is 0 Å². The van der Waals surface area contributed by atoms with E-state index in [0.29, 0.717) is 11.3 Å². The first-order chi connectivity index (χ1) is 6.15. The number of nitrogens with zero attached hydrogens (tertiary/aromatic N) is 1. The minimum Gasteiger partial charge on any atom is -0.397 e. The van der Waals surface area contributed by atoms with Crippen LogP contribution in [-0.2, 0) is 0 Å². The number of halogens is 1. The smallest absolute Gasteiger partial charge is 0.108 e. The number of aliphatic hydroxyl groups excluding tert-OH is 2. The highest BCUT2D eigenvalue weighted by molar-refractivity contribution is 6.18. The van der Waals surface area contributed by atoms with Crippen molar-refractivity contribution in [2.75, 3.05) is 11.6 Å². The molecule has 0 aliphatic carbocycles. The standard InChI is InChI=1S/C8H11ClN2O2/c9-2-7(12)8(13)5-1-6(10)4-11-3-5/h1,3-4,7-8,12-13H,2,10H2. The molecule has 0 spiro atoms. The van der Waals surface area contributed by atoms with Crippen molar-refractivity contribution in [1.29, 1.82) is 0 Å². The molecule has 0 aliphatic rings. The van der Waals surface area contributed by atoms with Crippen LogP contribution >= 0.6 is 11.6 Å². The molecule has 2 unspecified atom stereocenters. The maximum atomic E-state index is 9.48. The number of nitrogens with two attached hydrogens (primary N) is 1. The van der Waals surface area contributed by atoms with E-state index in [2.05, 4.69) is 4.98 Å². The minimum absolute atomic E-state index is 0.0318. The number of pyridine rings is 1. The largest absolute Gasteiger partial charge is 0.397 e. The molecule has 4 N–H and O–H groups in total. The maximum absolute atomic E-state index is 9.48. The minimum atomic E-state index is -1.03. The van der Waals surface area contributed by atoms with E-state index in [1.807, 2.05) is 0 Å². The SMILES string of the molecule is Nc1cncc(C(O)C(O)CCl)c1. The highest BCUT2D eigenvalue weighted by Crippen LogP contribution is 2.18. The Hall–Kier alpha value is -0.840. The molecule has 0 fully saturated rings. The molecule has 2 atom stereocenters. The van der Waals surface area contributed by atoms with Crippen molar-refractivity contribution in [3.8, 4) is 0 Å². The number of aliphatic hydroxyl groups is 2. The van der Waals surface area contributed by atoms with Crippen LogP contribution in [-0.4, -0.2) is 27.2 Å². The molecular weight excluding hydrogens is 192 g/mol. The lowest BCUT2D eigenvalue weighted by Gasteiger charge is -2.15. The Bertz CT molecular complexity index is 283. The van der Waals surface area contributed by atoms with E-state index < -0.39 is 12.2 Å². The Balaban J connectivity index is 2.82. The fourth-order valence-corrected chi connectivity index (χ4v) is 1.11. The number of anilines is 1. The summed E-state index contributed by atoms with van der Waals surface area (Å²) in [6.45, 7) is 0. The summed E-state index contributed by atoms with van der Waals surface area (Å²) in [5, 5.41) is 18.7. The van der Waals surface area contributed by atoms with E-state index in [9.17, 15) is 10.2 Å². The van der Waals surface area contributed by atoms with Gasteiger partial charge in [-0.3, -0.25) is 4.98 Å².